The summed E-state index contributed by atoms with van der Waals surface area (Å²) in [4.78, 5) is 22.6. The Bertz CT molecular complexity index is 914. The largest absolute Gasteiger partial charge is 0.316 e. The third-order valence-corrected chi connectivity index (χ3v) is 3.43. The van der Waals surface area contributed by atoms with E-state index in [-0.39, 0.29) is 94.7 Å². The van der Waals surface area contributed by atoms with Crippen LogP contribution in [-0.4, -0.2) is 108 Å². The van der Waals surface area contributed by atoms with Gasteiger partial charge in [0.1, 0.15) is 0 Å². The fourth-order valence-electron chi connectivity index (χ4n) is 2.14. The first-order chi connectivity index (χ1) is 12.9. The van der Waals surface area contributed by atoms with Gasteiger partial charge in [-0.25, -0.2) is 9.59 Å². The molecule has 2 aromatic carbocycles. The zero-order chi connectivity index (χ0) is 19.8. The maximum atomic E-state index is 12.0. The molecular formula is C20H26CaMgO9. The topological polar surface area (TPSA) is 165 Å². The van der Waals surface area contributed by atoms with Gasteiger partial charge in [0.2, 0.25) is 0 Å². The third kappa shape index (κ3) is 10.9. The molecule has 2 rings (SSSR count). The summed E-state index contributed by atoms with van der Waals surface area (Å²) in [5, 5.41) is 18.2. The monoisotopic (exact) mass is 474 g/mol. The zero-order valence-electron chi connectivity index (χ0n) is 15.7. The number of carboxylic acid groups (broad SMARTS) is 1. The predicted octanol–water partition coefficient (Wildman–Crippen LogP) is -0.356. The molecule has 0 aliphatic heterocycles. The molecule has 11 heteroatoms. The average Bonchev–Trinajstić information content (AvgIpc) is 2.66. The summed E-state index contributed by atoms with van der Waals surface area (Å²) >= 11 is 0. The molecule has 6 N–H and O–H groups in total. The molecule has 0 bridgehead atoms. The van der Waals surface area contributed by atoms with E-state index in [1.807, 2.05) is 0 Å². The molecule has 0 aliphatic rings. The number of rotatable bonds is 7. The van der Waals surface area contributed by atoms with Crippen LogP contribution >= 0.6 is 0 Å². The van der Waals surface area contributed by atoms with Gasteiger partial charge in [0.25, 0.3) is 0 Å². The van der Waals surface area contributed by atoms with Crippen molar-refractivity contribution < 1.29 is 45.0 Å². The number of aliphatic carboxylic acids is 1. The number of ether oxygens (including phenoxy) is 3. The standard InChI is InChI=1S/C20H18O7.Ca.Mg.2H2O.4H/c1-25-17-11-13(3-7-15(17)21)6-10-20(24)27-16-8-4-14(5-9-19(22)23)12-18(16)26-2;;;;;;;;/h3-12,21H,1-2H3,(H,22,23);;;2*1H2;;;;. The van der Waals surface area contributed by atoms with E-state index in [2.05, 4.69) is 0 Å². The summed E-state index contributed by atoms with van der Waals surface area (Å²) in [5.41, 5.74) is 1.23. The Labute approximate surface area is 225 Å². The van der Waals surface area contributed by atoms with Crippen LogP contribution < -0.4 is 14.2 Å². The van der Waals surface area contributed by atoms with Crippen LogP contribution in [0.25, 0.3) is 12.2 Å². The van der Waals surface area contributed by atoms with Crippen LogP contribution in [0.4, 0.5) is 0 Å². The molecule has 0 amide bonds. The summed E-state index contributed by atoms with van der Waals surface area (Å²) < 4.78 is 15.4. The van der Waals surface area contributed by atoms with Gasteiger partial charge in [-0.05, 0) is 47.5 Å². The van der Waals surface area contributed by atoms with Crippen LogP contribution in [0.5, 0.6) is 23.0 Å². The predicted molar refractivity (Wildman–Crippen MR) is 123 cm³/mol. The molecule has 0 spiro atoms. The smallest absolute Gasteiger partial charge is 0.316 e. The van der Waals surface area contributed by atoms with Gasteiger partial charge >= 0.3 is 72.7 Å². The van der Waals surface area contributed by atoms with Crippen LogP contribution in [0, 0.1) is 0 Å². The normalized spacial score (nSPS) is 9.48. The second kappa shape index (κ2) is 16.8. The Morgan fingerprint density at radius 2 is 1.35 bits per heavy atom. The molecule has 164 valence electrons. The van der Waals surface area contributed by atoms with Gasteiger partial charge in [-0.2, -0.15) is 0 Å². The third-order valence-electron chi connectivity index (χ3n) is 3.43. The van der Waals surface area contributed by atoms with Crippen LogP contribution in [0.2, 0.25) is 0 Å². The number of benzene rings is 2. The molecular weight excluding hydrogens is 449 g/mol. The van der Waals surface area contributed by atoms with Gasteiger partial charge in [0, 0.05) is 12.2 Å². The van der Waals surface area contributed by atoms with Crippen LogP contribution in [-0.2, 0) is 9.59 Å². The number of aromatic hydroxyl groups is 1. The zero-order valence-corrected chi connectivity index (χ0v) is 15.7. The second-order valence-corrected chi connectivity index (χ2v) is 5.27. The van der Waals surface area contributed by atoms with Gasteiger partial charge in [-0.15, -0.1) is 0 Å². The number of carbonyl (C=O) groups is 2. The Hall–Kier alpha value is -1.79. The van der Waals surface area contributed by atoms with E-state index in [1.165, 1.54) is 44.6 Å². The van der Waals surface area contributed by atoms with Crippen molar-refractivity contribution in [1.82, 2.24) is 0 Å². The number of hydrogen-bond donors (Lipinski definition) is 2. The van der Waals surface area contributed by atoms with Crippen molar-refractivity contribution in [3.8, 4) is 23.0 Å². The van der Waals surface area contributed by atoms with E-state index >= 15 is 0 Å². The quantitative estimate of drug-likeness (QED) is 0.239. The maximum Gasteiger partial charge on any atom is 0.316 e. The molecule has 0 aliphatic carbocycles. The number of phenolic OH excluding ortho intramolecular Hbond substituents is 1. The van der Waals surface area contributed by atoms with Gasteiger partial charge in [0.05, 0.1) is 14.2 Å². The number of hydrogen-bond acceptors (Lipinski definition) is 6. The summed E-state index contributed by atoms with van der Waals surface area (Å²) in [7, 11) is 2.84. The number of carbonyl (C=O) groups excluding carboxylic acids is 1. The van der Waals surface area contributed by atoms with Gasteiger partial charge in [0.15, 0.2) is 23.0 Å². The van der Waals surface area contributed by atoms with E-state index in [4.69, 9.17) is 19.3 Å². The summed E-state index contributed by atoms with van der Waals surface area (Å²) in [5.74, 6) is -0.927. The van der Waals surface area contributed by atoms with Gasteiger partial charge in [-0.1, -0.05) is 12.1 Å². The van der Waals surface area contributed by atoms with Crippen molar-refractivity contribution in [3.63, 3.8) is 0 Å². The minimum Gasteiger partial charge on any atom is 0.316 e. The van der Waals surface area contributed by atoms with E-state index in [0.717, 1.165) is 6.08 Å². The SMILES string of the molecule is COc1cc(C=CC(=O)Oc2ccc(C=CC(=O)O)cc2OC)ccc1O.O.O.[CaH2].[MgH2]. The molecule has 0 unspecified atom stereocenters. The Morgan fingerprint density at radius 1 is 0.839 bits per heavy atom. The average molecular weight is 475 g/mol. The van der Waals surface area contributed by atoms with E-state index < -0.39 is 11.9 Å². The van der Waals surface area contributed by atoms with Crippen molar-refractivity contribution in [3.05, 3.63) is 59.7 Å². The van der Waals surface area contributed by atoms with Crippen molar-refractivity contribution in [2.24, 2.45) is 0 Å². The number of methoxy groups -OCH3 is 2. The molecule has 2 aromatic rings. The number of carboxylic acids is 1. The minimum atomic E-state index is -1.07. The van der Waals surface area contributed by atoms with Gasteiger partial charge in [-0.3, -0.25) is 0 Å². The molecule has 0 fully saturated rings. The molecule has 9 nitrogen and oxygen atoms in total. The minimum absolute atomic E-state index is 0. The van der Waals surface area contributed by atoms with Crippen molar-refractivity contribution in [2.45, 2.75) is 0 Å². The van der Waals surface area contributed by atoms with Crippen LogP contribution in [0.15, 0.2) is 48.6 Å². The Balaban J connectivity index is -0.00000196. The van der Waals surface area contributed by atoms with E-state index in [0.29, 0.717) is 11.1 Å². The number of phenols is 1. The first-order valence-corrected chi connectivity index (χ1v) is 7.79. The summed E-state index contributed by atoms with van der Waals surface area (Å²) in [6.45, 7) is 0. The first-order valence-electron chi connectivity index (χ1n) is 7.79. The van der Waals surface area contributed by atoms with Crippen LogP contribution in [0.1, 0.15) is 11.1 Å². The fraction of sp³-hybridized carbons (Fsp3) is 0.100. The fourth-order valence-corrected chi connectivity index (χ4v) is 2.14. The first kappa shape index (κ1) is 33.8. The van der Waals surface area contributed by atoms with Crippen LogP contribution in [0.3, 0.4) is 0 Å². The summed E-state index contributed by atoms with van der Waals surface area (Å²) in [6.07, 6.45) is 5.13. The Kier molecular flexibility index (Phi) is 18.4. The molecule has 0 atom stereocenters. The molecule has 0 saturated carbocycles. The molecule has 31 heavy (non-hydrogen) atoms. The van der Waals surface area contributed by atoms with Gasteiger partial charge < -0.3 is 35.4 Å². The van der Waals surface area contributed by atoms with E-state index in [1.54, 1.807) is 24.3 Å². The number of esters is 1. The Morgan fingerprint density at radius 3 is 1.90 bits per heavy atom. The van der Waals surface area contributed by atoms with E-state index in [9.17, 15) is 14.7 Å². The van der Waals surface area contributed by atoms with Crippen molar-refractivity contribution in [2.75, 3.05) is 14.2 Å². The molecule has 0 heterocycles. The molecule has 0 saturated heterocycles. The summed E-state index contributed by atoms with van der Waals surface area (Å²) in [6, 6.07) is 9.30. The second-order valence-electron chi connectivity index (χ2n) is 5.27. The van der Waals surface area contributed by atoms with Crippen molar-refractivity contribution >= 4 is 84.9 Å². The maximum absolute atomic E-state index is 12.0. The molecule has 0 aromatic heterocycles. The molecule has 0 radical (unpaired) electrons. The van der Waals surface area contributed by atoms with Crippen molar-refractivity contribution in [1.29, 1.82) is 0 Å².